The average Bonchev–Trinajstić information content (AvgIpc) is 2.40. The van der Waals surface area contributed by atoms with Gasteiger partial charge in [0.2, 0.25) is 0 Å². The summed E-state index contributed by atoms with van der Waals surface area (Å²) in [6, 6.07) is 4.92. The van der Waals surface area contributed by atoms with Crippen LogP contribution in [0.15, 0.2) is 36.7 Å². The van der Waals surface area contributed by atoms with Crippen molar-refractivity contribution in [1.82, 2.24) is 4.98 Å². The highest BCUT2D eigenvalue weighted by molar-refractivity contribution is 6.32. The van der Waals surface area contributed by atoms with Gasteiger partial charge in [-0.2, -0.15) is 8.78 Å². The van der Waals surface area contributed by atoms with E-state index in [2.05, 4.69) is 16.6 Å². The molecular weight excluding hydrogens is 329 g/mol. The number of alkyl halides is 3. The fourth-order valence-electron chi connectivity index (χ4n) is 1.52. The van der Waals surface area contributed by atoms with Crippen LogP contribution in [0, 0.1) is 0 Å². The topological polar surface area (TPSA) is 16.8 Å². The molecule has 0 saturated heterocycles. The first kappa shape index (κ1) is 17.1. The molecule has 7 heteroatoms. The number of aromatic nitrogens is 2. The van der Waals surface area contributed by atoms with E-state index in [1.165, 1.54) is 18.5 Å². The molecule has 0 radical (unpaired) electrons. The highest BCUT2D eigenvalue weighted by Crippen LogP contribution is 2.36. The van der Waals surface area contributed by atoms with E-state index >= 15 is 0 Å². The van der Waals surface area contributed by atoms with Gasteiger partial charge >= 0.3 is 0 Å². The third-order valence-electron chi connectivity index (χ3n) is 2.47. The molecular formula is C13H12Cl3F2N2+. The summed E-state index contributed by atoms with van der Waals surface area (Å²) in [7, 11) is 1.75. The summed E-state index contributed by atoms with van der Waals surface area (Å²) in [5.41, 5.74) is -0.403. The second-order valence-electron chi connectivity index (χ2n) is 3.83. The Balaban J connectivity index is 0.000000956. The Hall–Kier alpha value is -0.970. The van der Waals surface area contributed by atoms with Gasteiger partial charge < -0.3 is 0 Å². The van der Waals surface area contributed by atoms with Crippen molar-refractivity contribution < 1.29 is 13.3 Å². The second-order valence-corrected chi connectivity index (χ2v) is 4.60. The molecule has 0 atom stereocenters. The Bertz CT molecular complexity index is 554. The fourth-order valence-corrected chi connectivity index (χ4v) is 1.98. The molecule has 0 aliphatic rings. The van der Waals surface area contributed by atoms with E-state index in [1.807, 2.05) is 0 Å². The molecule has 0 spiro atoms. The number of hydrogen-bond donors (Lipinski definition) is 0. The number of hydrogen-bond acceptors (Lipinski definition) is 1. The molecule has 108 valence electrons. The van der Waals surface area contributed by atoms with Crippen LogP contribution in [-0.4, -0.2) is 11.4 Å². The molecule has 2 heterocycles. The maximum Gasteiger partial charge on any atom is 0.299 e. The number of aryl methyl sites for hydroxylation is 1. The lowest BCUT2D eigenvalue weighted by Crippen LogP contribution is -2.27. The lowest BCUT2D eigenvalue weighted by Gasteiger charge is -2.16. The molecule has 2 rings (SSSR count). The van der Waals surface area contributed by atoms with Crippen LogP contribution in [-0.2, 0) is 13.0 Å². The Morgan fingerprint density at radius 3 is 1.90 bits per heavy atom. The summed E-state index contributed by atoms with van der Waals surface area (Å²) in [5.74, 6) is -3.16. The Morgan fingerprint density at radius 1 is 1.00 bits per heavy atom. The van der Waals surface area contributed by atoms with Crippen molar-refractivity contribution in [3.05, 3.63) is 58.1 Å². The van der Waals surface area contributed by atoms with Crippen LogP contribution in [0.4, 0.5) is 8.78 Å². The van der Waals surface area contributed by atoms with Crippen LogP contribution < -0.4 is 4.57 Å². The SMILES string of the molecule is CCl.C[n+]1ccc(C(F)(F)c2cc(Cl)nc(Cl)c2)cc1. The normalized spacial score (nSPS) is 10.8. The Kier molecular flexibility index (Phi) is 6.11. The molecule has 0 fully saturated rings. The fraction of sp³-hybridized carbons (Fsp3) is 0.231. The third kappa shape index (κ3) is 4.01. The van der Waals surface area contributed by atoms with Crippen molar-refractivity contribution >= 4 is 34.8 Å². The molecule has 0 N–H and O–H groups in total. The van der Waals surface area contributed by atoms with Crippen LogP contribution in [0.1, 0.15) is 11.1 Å². The first-order chi connectivity index (χ1) is 9.39. The van der Waals surface area contributed by atoms with Crippen LogP contribution in [0.25, 0.3) is 0 Å². The van der Waals surface area contributed by atoms with E-state index in [9.17, 15) is 8.78 Å². The van der Waals surface area contributed by atoms with E-state index in [-0.39, 0.29) is 21.4 Å². The van der Waals surface area contributed by atoms with Gasteiger partial charge in [-0.15, -0.1) is 11.6 Å². The summed E-state index contributed by atoms with van der Waals surface area (Å²) in [6.07, 6.45) is 4.57. The number of rotatable bonds is 2. The van der Waals surface area contributed by atoms with E-state index in [0.717, 1.165) is 12.1 Å². The zero-order valence-electron chi connectivity index (χ0n) is 10.7. The quantitative estimate of drug-likeness (QED) is 0.455. The molecule has 0 amide bonds. The van der Waals surface area contributed by atoms with Crippen LogP contribution >= 0.6 is 34.8 Å². The van der Waals surface area contributed by atoms with Gasteiger partial charge in [0.15, 0.2) is 12.4 Å². The average molecular weight is 341 g/mol. The van der Waals surface area contributed by atoms with Crippen LogP contribution in [0.2, 0.25) is 10.3 Å². The summed E-state index contributed by atoms with van der Waals surface area (Å²) in [4.78, 5) is 3.65. The number of halogens is 5. The van der Waals surface area contributed by atoms with Crippen LogP contribution in [0.5, 0.6) is 0 Å². The lowest BCUT2D eigenvalue weighted by atomic mass is 10.0. The lowest BCUT2D eigenvalue weighted by molar-refractivity contribution is -0.671. The van der Waals surface area contributed by atoms with Gasteiger partial charge in [-0.3, -0.25) is 0 Å². The zero-order valence-corrected chi connectivity index (χ0v) is 13.0. The van der Waals surface area contributed by atoms with Gasteiger partial charge in [0.05, 0.1) is 0 Å². The highest BCUT2D eigenvalue weighted by atomic mass is 35.5. The van der Waals surface area contributed by atoms with Crippen LogP contribution in [0.3, 0.4) is 0 Å². The Morgan fingerprint density at radius 2 is 1.45 bits per heavy atom. The Labute approximate surface area is 130 Å². The molecule has 0 saturated carbocycles. The first-order valence-corrected chi connectivity index (χ1v) is 6.96. The second kappa shape index (κ2) is 7.16. The van der Waals surface area contributed by atoms with Gasteiger partial charge in [0, 0.05) is 29.6 Å². The van der Waals surface area contributed by atoms with E-state index in [4.69, 9.17) is 23.2 Å². The maximum atomic E-state index is 14.2. The minimum atomic E-state index is -3.16. The van der Waals surface area contributed by atoms with Crippen molar-refractivity contribution in [2.45, 2.75) is 5.92 Å². The summed E-state index contributed by atoms with van der Waals surface area (Å²) in [6.45, 7) is 0. The van der Waals surface area contributed by atoms with E-state index < -0.39 is 5.92 Å². The summed E-state index contributed by atoms with van der Waals surface area (Å²) < 4.78 is 30.1. The van der Waals surface area contributed by atoms with Gasteiger partial charge in [0.1, 0.15) is 17.4 Å². The van der Waals surface area contributed by atoms with Gasteiger partial charge in [0.25, 0.3) is 5.92 Å². The molecule has 2 aromatic rings. The van der Waals surface area contributed by atoms with Crippen molar-refractivity contribution in [3.8, 4) is 0 Å². The van der Waals surface area contributed by atoms with Crippen molar-refractivity contribution in [1.29, 1.82) is 0 Å². The zero-order chi connectivity index (χ0) is 15.3. The molecule has 2 aromatic heterocycles. The smallest absolute Gasteiger partial charge is 0.224 e. The minimum Gasteiger partial charge on any atom is -0.224 e. The summed E-state index contributed by atoms with van der Waals surface area (Å²) >= 11 is 15.9. The first-order valence-electron chi connectivity index (χ1n) is 5.44. The van der Waals surface area contributed by atoms with Gasteiger partial charge in [-0.05, 0) is 12.1 Å². The molecule has 20 heavy (non-hydrogen) atoms. The highest BCUT2D eigenvalue weighted by Gasteiger charge is 2.35. The van der Waals surface area contributed by atoms with Gasteiger partial charge in [-0.1, -0.05) is 23.2 Å². The predicted molar refractivity (Wildman–Crippen MR) is 76.6 cm³/mol. The van der Waals surface area contributed by atoms with E-state index in [1.54, 1.807) is 24.0 Å². The molecule has 0 aliphatic heterocycles. The predicted octanol–water partition coefficient (Wildman–Crippen LogP) is 4.21. The number of pyridine rings is 2. The van der Waals surface area contributed by atoms with Crippen molar-refractivity contribution in [2.75, 3.05) is 6.38 Å². The monoisotopic (exact) mass is 339 g/mol. The largest absolute Gasteiger partial charge is 0.299 e. The van der Waals surface area contributed by atoms with Crippen molar-refractivity contribution in [3.63, 3.8) is 0 Å². The van der Waals surface area contributed by atoms with E-state index in [0.29, 0.717) is 0 Å². The molecule has 0 unspecified atom stereocenters. The molecule has 2 nitrogen and oxygen atoms in total. The van der Waals surface area contributed by atoms with Crippen molar-refractivity contribution in [2.24, 2.45) is 7.05 Å². The molecule has 0 aromatic carbocycles. The maximum absolute atomic E-state index is 14.2. The molecule has 0 aliphatic carbocycles. The third-order valence-corrected chi connectivity index (χ3v) is 2.85. The minimum absolute atomic E-state index is 0.0568. The standard InChI is InChI=1S/C12H9Cl2F2N2.CH3Cl/c1-18-4-2-8(3-5-18)12(15,16)9-6-10(13)17-11(14)7-9;1-2/h2-7H,1H3;1H3/q+1;. The van der Waals surface area contributed by atoms with Gasteiger partial charge in [-0.25, -0.2) is 9.55 Å². The number of nitrogens with zero attached hydrogens (tertiary/aromatic N) is 2. The summed E-state index contributed by atoms with van der Waals surface area (Å²) in [5, 5.41) is -0.114. The molecule has 0 bridgehead atoms.